The number of hydrogen-bond donors (Lipinski definition) is 0. The van der Waals surface area contributed by atoms with Crippen molar-refractivity contribution in [1.82, 2.24) is 0 Å². The van der Waals surface area contributed by atoms with Gasteiger partial charge in [-0.3, -0.25) is 4.79 Å². The van der Waals surface area contributed by atoms with Crippen molar-refractivity contribution in [2.75, 3.05) is 0 Å². The van der Waals surface area contributed by atoms with Crippen LogP contribution in [0.1, 0.15) is 54.4 Å². The monoisotopic (exact) mass is 348 g/mol. The van der Waals surface area contributed by atoms with E-state index in [1.807, 2.05) is 0 Å². The fourth-order valence-corrected chi connectivity index (χ4v) is 3.15. The number of carbonyl (C=O) groups is 1. The Morgan fingerprint density at radius 1 is 1.20 bits per heavy atom. The molecule has 0 saturated heterocycles. The van der Waals surface area contributed by atoms with Crippen LogP contribution in [-0.2, 0) is 6.18 Å². The molecule has 0 unspecified atom stereocenters. The van der Waals surface area contributed by atoms with Gasteiger partial charge in [0.1, 0.15) is 0 Å². The summed E-state index contributed by atoms with van der Waals surface area (Å²) in [5.74, 6) is 0.118. The van der Waals surface area contributed by atoms with Crippen molar-refractivity contribution in [2.45, 2.75) is 44.7 Å². The maximum atomic E-state index is 12.7. The van der Waals surface area contributed by atoms with E-state index in [-0.39, 0.29) is 11.3 Å². The van der Waals surface area contributed by atoms with Crippen molar-refractivity contribution < 1.29 is 18.0 Å². The van der Waals surface area contributed by atoms with Crippen LogP contribution < -0.4 is 0 Å². The first-order valence-corrected chi connectivity index (χ1v) is 7.57. The number of alkyl halides is 3. The van der Waals surface area contributed by atoms with Crippen molar-refractivity contribution in [3.05, 3.63) is 33.8 Å². The second-order valence-electron chi connectivity index (χ2n) is 5.32. The zero-order chi connectivity index (χ0) is 14.8. The zero-order valence-electron chi connectivity index (χ0n) is 11.0. The Morgan fingerprint density at radius 3 is 2.45 bits per heavy atom. The molecule has 0 radical (unpaired) electrons. The first-order chi connectivity index (χ1) is 9.38. The molecule has 2 rings (SSSR count). The van der Waals surface area contributed by atoms with Gasteiger partial charge >= 0.3 is 6.18 Å². The largest absolute Gasteiger partial charge is 0.416 e. The number of ketones is 1. The lowest BCUT2D eigenvalue weighted by molar-refractivity contribution is -0.137. The van der Waals surface area contributed by atoms with Gasteiger partial charge in [-0.2, -0.15) is 13.2 Å². The van der Waals surface area contributed by atoms with E-state index in [1.165, 1.54) is 12.5 Å². The van der Waals surface area contributed by atoms with E-state index in [0.717, 1.165) is 37.8 Å². The Morgan fingerprint density at radius 2 is 1.85 bits per heavy atom. The van der Waals surface area contributed by atoms with Gasteiger partial charge in [0.15, 0.2) is 5.78 Å². The highest BCUT2D eigenvalue weighted by molar-refractivity contribution is 9.10. The molecular weight excluding hydrogens is 333 g/mol. The lowest BCUT2D eigenvalue weighted by Gasteiger charge is -2.21. The summed E-state index contributed by atoms with van der Waals surface area (Å²) in [6.07, 6.45) is 1.35. The molecule has 0 amide bonds. The topological polar surface area (TPSA) is 17.1 Å². The number of carbonyl (C=O) groups excluding carboxylic acids is 1. The van der Waals surface area contributed by atoms with Crippen LogP contribution in [0.25, 0.3) is 0 Å². The minimum Gasteiger partial charge on any atom is -0.294 e. The molecule has 1 aromatic rings. The van der Waals surface area contributed by atoms with Crippen LogP contribution in [0, 0.1) is 5.92 Å². The molecule has 0 bridgehead atoms. The molecular formula is C15H16BrF3O. The molecule has 20 heavy (non-hydrogen) atoms. The van der Waals surface area contributed by atoms with Gasteiger partial charge in [-0.15, -0.1) is 0 Å². The standard InChI is InChI=1S/C15H16BrF3O/c16-13-7-6-11(15(17,18)19)9-12(13)14(20)8-10-4-2-1-3-5-10/h6-7,9-10H,1-5,8H2. The van der Waals surface area contributed by atoms with Crippen LogP contribution in [-0.4, -0.2) is 5.78 Å². The number of halogens is 4. The summed E-state index contributed by atoms with van der Waals surface area (Å²) < 4.78 is 38.5. The fourth-order valence-electron chi connectivity index (χ4n) is 2.68. The average Bonchev–Trinajstić information content (AvgIpc) is 2.39. The van der Waals surface area contributed by atoms with Crippen molar-refractivity contribution in [1.29, 1.82) is 0 Å². The second kappa shape index (κ2) is 6.29. The molecule has 1 aromatic carbocycles. The first-order valence-electron chi connectivity index (χ1n) is 6.78. The Balaban J connectivity index is 2.16. The van der Waals surface area contributed by atoms with Crippen LogP contribution in [0.3, 0.4) is 0 Å². The molecule has 0 heterocycles. The molecule has 1 fully saturated rings. The van der Waals surface area contributed by atoms with Crippen molar-refractivity contribution >= 4 is 21.7 Å². The third kappa shape index (κ3) is 3.84. The Labute approximate surface area is 124 Å². The van der Waals surface area contributed by atoms with Gasteiger partial charge in [0, 0.05) is 16.5 Å². The predicted octanol–water partition coefficient (Wildman–Crippen LogP) is 5.62. The molecule has 5 heteroatoms. The van der Waals surface area contributed by atoms with E-state index >= 15 is 0 Å². The first kappa shape index (κ1) is 15.5. The fraction of sp³-hybridized carbons (Fsp3) is 0.533. The Hall–Kier alpha value is -0.840. The Kier molecular flexibility index (Phi) is 4.89. The highest BCUT2D eigenvalue weighted by atomic mass is 79.9. The molecule has 110 valence electrons. The summed E-state index contributed by atoms with van der Waals surface area (Å²) in [5.41, 5.74) is -0.627. The summed E-state index contributed by atoms with van der Waals surface area (Å²) in [4.78, 5) is 12.2. The number of Topliss-reactive ketones (excluding diaryl/α,β-unsaturated/α-hetero) is 1. The number of rotatable bonds is 3. The van der Waals surface area contributed by atoms with Crippen LogP contribution in [0.5, 0.6) is 0 Å². The molecule has 0 N–H and O–H groups in total. The van der Waals surface area contributed by atoms with Gasteiger partial charge in [-0.1, -0.05) is 48.0 Å². The van der Waals surface area contributed by atoms with Gasteiger partial charge in [-0.25, -0.2) is 0 Å². The van der Waals surface area contributed by atoms with Gasteiger partial charge in [0.05, 0.1) is 5.56 Å². The van der Waals surface area contributed by atoms with Crippen LogP contribution in [0.4, 0.5) is 13.2 Å². The second-order valence-corrected chi connectivity index (χ2v) is 6.18. The predicted molar refractivity (Wildman–Crippen MR) is 74.7 cm³/mol. The smallest absolute Gasteiger partial charge is 0.294 e. The summed E-state index contributed by atoms with van der Waals surface area (Å²) in [6.45, 7) is 0. The quantitative estimate of drug-likeness (QED) is 0.647. The third-order valence-electron chi connectivity index (χ3n) is 3.79. The molecule has 0 aromatic heterocycles. The van der Waals surface area contributed by atoms with Gasteiger partial charge in [0.25, 0.3) is 0 Å². The third-order valence-corrected chi connectivity index (χ3v) is 4.48. The minimum atomic E-state index is -4.42. The van der Waals surface area contributed by atoms with Gasteiger partial charge < -0.3 is 0 Å². The van der Waals surface area contributed by atoms with Crippen LogP contribution in [0.2, 0.25) is 0 Å². The SMILES string of the molecule is O=C(CC1CCCCC1)c1cc(C(F)(F)F)ccc1Br. The van der Waals surface area contributed by atoms with E-state index in [1.54, 1.807) is 0 Å². The van der Waals surface area contributed by atoms with E-state index < -0.39 is 11.7 Å². The summed E-state index contributed by atoms with van der Waals surface area (Å²) in [6, 6.07) is 3.24. The van der Waals surface area contributed by atoms with Gasteiger partial charge in [-0.05, 0) is 24.1 Å². The lowest BCUT2D eigenvalue weighted by atomic mass is 9.84. The molecule has 0 aliphatic heterocycles. The maximum absolute atomic E-state index is 12.7. The number of benzene rings is 1. The molecule has 1 aliphatic carbocycles. The normalized spacial score (nSPS) is 17.2. The average molecular weight is 349 g/mol. The van der Waals surface area contributed by atoms with Crippen LogP contribution in [0.15, 0.2) is 22.7 Å². The van der Waals surface area contributed by atoms with E-state index in [4.69, 9.17) is 0 Å². The maximum Gasteiger partial charge on any atom is 0.416 e. The van der Waals surface area contributed by atoms with Gasteiger partial charge in [0.2, 0.25) is 0 Å². The zero-order valence-corrected chi connectivity index (χ0v) is 12.6. The highest BCUT2D eigenvalue weighted by Crippen LogP contribution is 2.33. The summed E-state index contributed by atoms with van der Waals surface area (Å²) >= 11 is 3.17. The molecule has 1 aliphatic rings. The molecule has 1 saturated carbocycles. The van der Waals surface area contributed by atoms with Crippen LogP contribution >= 0.6 is 15.9 Å². The lowest BCUT2D eigenvalue weighted by Crippen LogP contribution is -2.14. The summed E-state index contributed by atoms with van der Waals surface area (Å²) in [5, 5.41) is 0. The number of hydrogen-bond acceptors (Lipinski definition) is 1. The molecule has 0 spiro atoms. The van der Waals surface area contributed by atoms with Crippen molar-refractivity contribution in [3.63, 3.8) is 0 Å². The van der Waals surface area contributed by atoms with E-state index in [2.05, 4.69) is 15.9 Å². The Bertz CT molecular complexity index is 490. The van der Waals surface area contributed by atoms with Crippen molar-refractivity contribution in [3.8, 4) is 0 Å². The molecule has 1 nitrogen and oxygen atoms in total. The van der Waals surface area contributed by atoms with E-state index in [0.29, 0.717) is 16.8 Å². The highest BCUT2D eigenvalue weighted by Gasteiger charge is 2.31. The molecule has 0 atom stereocenters. The minimum absolute atomic E-state index is 0.144. The summed E-state index contributed by atoms with van der Waals surface area (Å²) in [7, 11) is 0. The van der Waals surface area contributed by atoms with Crippen molar-refractivity contribution in [2.24, 2.45) is 5.92 Å². The van der Waals surface area contributed by atoms with E-state index in [9.17, 15) is 18.0 Å².